The Labute approximate surface area is 102 Å². The lowest BCUT2D eigenvalue weighted by molar-refractivity contribution is -0.114. The molecular formula is C11H24O6. The lowest BCUT2D eigenvalue weighted by Gasteiger charge is -2.04. The highest BCUT2D eigenvalue weighted by molar-refractivity contribution is 5.72. The lowest BCUT2D eigenvalue weighted by atomic mass is 10.6. The van der Waals surface area contributed by atoms with E-state index in [0.717, 1.165) is 0 Å². The Hall–Kier alpha value is -0.530. The van der Waals surface area contributed by atoms with Crippen LogP contribution in [0.3, 0.4) is 0 Å². The molecule has 0 atom stereocenters. The van der Waals surface area contributed by atoms with Crippen molar-refractivity contribution in [1.82, 2.24) is 0 Å². The van der Waals surface area contributed by atoms with Crippen molar-refractivity contribution in [1.29, 1.82) is 0 Å². The number of carbonyl (C=O) groups excluding carboxylic acids is 1. The number of hydrogen-bond donors (Lipinski definition) is 2. The van der Waals surface area contributed by atoms with Gasteiger partial charge < -0.3 is 29.2 Å². The summed E-state index contributed by atoms with van der Waals surface area (Å²) in [6.45, 7) is 5.82. The second-order valence-electron chi connectivity index (χ2n) is 3.19. The highest BCUT2D eigenvalue weighted by Crippen LogP contribution is 1.80. The minimum atomic E-state index is 0.0413. The monoisotopic (exact) mass is 252 g/mol. The van der Waals surface area contributed by atoms with E-state index in [1.165, 1.54) is 13.8 Å². The zero-order valence-electron chi connectivity index (χ0n) is 10.7. The van der Waals surface area contributed by atoms with Crippen LogP contribution in [0.5, 0.6) is 0 Å². The molecule has 0 saturated heterocycles. The summed E-state index contributed by atoms with van der Waals surface area (Å²) in [5.74, 6) is 0.167. The number of carbonyl (C=O) groups is 1. The summed E-state index contributed by atoms with van der Waals surface area (Å²) < 4.78 is 15.0. The van der Waals surface area contributed by atoms with Crippen LogP contribution < -0.4 is 0 Å². The Balaban J connectivity index is 0. The minimum absolute atomic E-state index is 0.0413. The third-order valence-electron chi connectivity index (χ3n) is 1.22. The van der Waals surface area contributed by atoms with Gasteiger partial charge in [-0.3, -0.25) is 0 Å². The van der Waals surface area contributed by atoms with E-state index in [1.807, 2.05) is 0 Å². The first-order valence-corrected chi connectivity index (χ1v) is 5.57. The maximum Gasteiger partial charge on any atom is 0.126 e. The molecule has 0 heterocycles. The molecule has 0 amide bonds. The highest BCUT2D eigenvalue weighted by Gasteiger charge is 1.89. The Morgan fingerprint density at radius 3 is 1.24 bits per heavy atom. The fraction of sp³-hybridized carbons (Fsp3) is 0.909. The van der Waals surface area contributed by atoms with Gasteiger partial charge in [0.2, 0.25) is 0 Å². The predicted octanol–water partition coefficient (Wildman–Crippen LogP) is -0.384. The third kappa shape index (κ3) is 31.3. The van der Waals surface area contributed by atoms with Crippen molar-refractivity contribution in [2.24, 2.45) is 0 Å². The standard InChI is InChI=1S/C8H18O5.C3H6O/c9-1-3-11-5-7-13-8-6-12-4-2-10;1-3(2)4/h9-10H,1-8H2;1-2H3. The summed E-state index contributed by atoms with van der Waals surface area (Å²) in [6.07, 6.45) is 0. The smallest absolute Gasteiger partial charge is 0.126 e. The van der Waals surface area contributed by atoms with Gasteiger partial charge in [0, 0.05) is 0 Å². The van der Waals surface area contributed by atoms with Crippen LogP contribution in [0.2, 0.25) is 0 Å². The number of Topliss-reactive ketones (excluding diaryl/α,β-unsaturated/α-hetero) is 1. The number of ether oxygens (including phenoxy) is 3. The summed E-state index contributed by atoms with van der Waals surface area (Å²) in [5.41, 5.74) is 0. The molecule has 0 fully saturated rings. The lowest BCUT2D eigenvalue weighted by Crippen LogP contribution is -2.11. The van der Waals surface area contributed by atoms with E-state index < -0.39 is 0 Å². The van der Waals surface area contributed by atoms with Gasteiger partial charge in [-0.15, -0.1) is 0 Å². The van der Waals surface area contributed by atoms with Gasteiger partial charge in [0.15, 0.2) is 0 Å². The molecule has 0 bridgehead atoms. The zero-order chi connectivity index (χ0) is 13.4. The van der Waals surface area contributed by atoms with E-state index in [9.17, 15) is 4.79 Å². The van der Waals surface area contributed by atoms with Crippen molar-refractivity contribution in [2.45, 2.75) is 13.8 Å². The maximum absolute atomic E-state index is 9.44. The average Bonchev–Trinajstić information content (AvgIpc) is 2.26. The van der Waals surface area contributed by atoms with Crippen LogP contribution in [0, 0.1) is 0 Å². The van der Waals surface area contributed by atoms with Gasteiger partial charge in [0.25, 0.3) is 0 Å². The van der Waals surface area contributed by atoms with E-state index in [1.54, 1.807) is 0 Å². The SMILES string of the molecule is CC(C)=O.OCCOCCOCCOCCO. The van der Waals surface area contributed by atoms with Gasteiger partial charge in [-0.2, -0.15) is 0 Å². The van der Waals surface area contributed by atoms with Crippen LogP contribution in [0.25, 0.3) is 0 Å². The van der Waals surface area contributed by atoms with Crippen molar-refractivity contribution in [2.75, 3.05) is 52.9 Å². The van der Waals surface area contributed by atoms with E-state index in [0.29, 0.717) is 39.6 Å². The molecule has 0 aromatic heterocycles. The van der Waals surface area contributed by atoms with Crippen molar-refractivity contribution < 1.29 is 29.2 Å². The van der Waals surface area contributed by atoms with Crippen LogP contribution in [-0.4, -0.2) is 68.9 Å². The normalized spacial score (nSPS) is 9.65. The second-order valence-corrected chi connectivity index (χ2v) is 3.19. The molecule has 0 rings (SSSR count). The molecule has 0 aliphatic heterocycles. The Kier molecular flexibility index (Phi) is 19.8. The molecule has 0 aliphatic carbocycles. The summed E-state index contributed by atoms with van der Waals surface area (Å²) in [7, 11) is 0. The molecule has 0 unspecified atom stereocenters. The molecule has 0 spiro atoms. The fourth-order valence-electron chi connectivity index (χ4n) is 0.671. The molecule has 0 saturated carbocycles. The highest BCUT2D eigenvalue weighted by atomic mass is 16.5. The first-order chi connectivity index (χ1) is 8.15. The summed E-state index contributed by atoms with van der Waals surface area (Å²) in [4.78, 5) is 9.44. The number of ketones is 1. The molecule has 0 radical (unpaired) electrons. The third-order valence-corrected chi connectivity index (χ3v) is 1.22. The van der Waals surface area contributed by atoms with Crippen LogP contribution >= 0.6 is 0 Å². The van der Waals surface area contributed by atoms with Gasteiger partial charge in [-0.25, -0.2) is 0 Å². The summed E-state index contributed by atoms with van der Waals surface area (Å²) >= 11 is 0. The van der Waals surface area contributed by atoms with Crippen LogP contribution in [0.1, 0.15) is 13.8 Å². The van der Waals surface area contributed by atoms with Crippen LogP contribution in [0.15, 0.2) is 0 Å². The van der Waals surface area contributed by atoms with E-state index in [2.05, 4.69) is 0 Å². The molecule has 0 aromatic rings. The van der Waals surface area contributed by atoms with Crippen molar-refractivity contribution in [3.63, 3.8) is 0 Å². The van der Waals surface area contributed by atoms with Crippen LogP contribution in [0.4, 0.5) is 0 Å². The van der Waals surface area contributed by atoms with E-state index >= 15 is 0 Å². The molecule has 17 heavy (non-hydrogen) atoms. The minimum Gasteiger partial charge on any atom is -0.394 e. The molecule has 104 valence electrons. The Morgan fingerprint density at radius 2 is 1.00 bits per heavy atom. The molecule has 0 aromatic carbocycles. The van der Waals surface area contributed by atoms with Gasteiger partial charge in [0.05, 0.1) is 52.9 Å². The van der Waals surface area contributed by atoms with Gasteiger partial charge >= 0.3 is 0 Å². The zero-order valence-corrected chi connectivity index (χ0v) is 10.7. The fourth-order valence-corrected chi connectivity index (χ4v) is 0.671. The topological polar surface area (TPSA) is 85.2 Å². The number of hydrogen-bond acceptors (Lipinski definition) is 6. The number of aliphatic hydroxyl groups is 2. The number of rotatable bonds is 10. The molecule has 0 aliphatic rings. The maximum atomic E-state index is 9.44. The van der Waals surface area contributed by atoms with Crippen molar-refractivity contribution in [3.05, 3.63) is 0 Å². The van der Waals surface area contributed by atoms with Crippen molar-refractivity contribution >= 4 is 5.78 Å². The largest absolute Gasteiger partial charge is 0.394 e. The van der Waals surface area contributed by atoms with E-state index in [4.69, 9.17) is 24.4 Å². The molecule has 2 N–H and O–H groups in total. The van der Waals surface area contributed by atoms with Gasteiger partial charge in [0.1, 0.15) is 5.78 Å². The number of aliphatic hydroxyl groups excluding tert-OH is 2. The van der Waals surface area contributed by atoms with Crippen molar-refractivity contribution in [3.8, 4) is 0 Å². The molecule has 6 nitrogen and oxygen atoms in total. The first-order valence-electron chi connectivity index (χ1n) is 5.57. The quantitative estimate of drug-likeness (QED) is 0.515. The molecule has 6 heteroatoms. The average molecular weight is 252 g/mol. The Morgan fingerprint density at radius 1 is 0.765 bits per heavy atom. The van der Waals surface area contributed by atoms with Gasteiger partial charge in [-0.1, -0.05) is 0 Å². The summed E-state index contributed by atoms with van der Waals surface area (Å²) in [5, 5.41) is 16.7. The molecular weight excluding hydrogens is 228 g/mol. The van der Waals surface area contributed by atoms with Gasteiger partial charge in [-0.05, 0) is 13.8 Å². The van der Waals surface area contributed by atoms with E-state index in [-0.39, 0.29) is 19.0 Å². The van der Waals surface area contributed by atoms with Crippen LogP contribution in [-0.2, 0) is 19.0 Å². The second kappa shape index (κ2) is 17.9. The Bertz CT molecular complexity index is 137. The first kappa shape index (κ1) is 18.8. The predicted molar refractivity (Wildman–Crippen MR) is 63.0 cm³/mol. The summed E-state index contributed by atoms with van der Waals surface area (Å²) in [6, 6.07) is 0.